The van der Waals surface area contributed by atoms with Gasteiger partial charge in [0.25, 0.3) is 0 Å². The third-order valence-corrected chi connectivity index (χ3v) is 3.11. The van der Waals surface area contributed by atoms with E-state index in [-0.39, 0.29) is 12.1 Å². The fraction of sp³-hybridized carbons (Fsp3) is 0.294. The minimum atomic E-state index is -0.260. The van der Waals surface area contributed by atoms with E-state index < -0.39 is 0 Å². The number of nitrogens with one attached hydrogen (secondary N) is 3. The molecule has 0 aliphatic carbocycles. The van der Waals surface area contributed by atoms with Gasteiger partial charge in [-0.1, -0.05) is 0 Å². The molecule has 1 heterocycles. The number of rotatable bonds is 6. The normalized spacial score (nSPS) is 10.2. The summed E-state index contributed by atoms with van der Waals surface area (Å²) in [5.41, 5.74) is 1.38. The Morgan fingerprint density at radius 1 is 1.12 bits per heavy atom. The van der Waals surface area contributed by atoms with Gasteiger partial charge in [0, 0.05) is 12.1 Å². The second kappa shape index (κ2) is 8.05. The summed E-state index contributed by atoms with van der Waals surface area (Å²) in [5.74, 6) is 1.99. The number of anilines is 3. The average molecular weight is 330 g/mol. The molecule has 2 rings (SSSR count). The topological polar surface area (TPSA) is 84.5 Å². The summed E-state index contributed by atoms with van der Waals surface area (Å²) in [6.07, 6.45) is 1.58. The summed E-state index contributed by atoms with van der Waals surface area (Å²) < 4.78 is 10.5. The molecule has 0 aliphatic heterocycles. The van der Waals surface area contributed by atoms with E-state index in [1.54, 1.807) is 38.6 Å². The summed E-state index contributed by atoms with van der Waals surface area (Å²) in [5, 5.41) is 8.64. The average Bonchev–Trinajstić information content (AvgIpc) is 2.56. The van der Waals surface area contributed by atoms with Gasteiger partial charge in [0.1, 0.15) is 17.3 Å². The lowest BCUT2D eigenvalue weighted by atomic mass is 10.2. The number of carbonyl (C=O) groups is 1. The Hall–Kier alpha value is -2.96. The zero-order valence-corrected chi connectivity index (χ0v) is 14.2. The van der Waals surface area contributed by atoms with Gasteiger partial charge >= 0.3 is 6.03 Å². The van der Waals surface area contributed by atoms with Crippen LogP contribution in [-0.2, 0) is 0 Å². The molecular weight excluding hydrogens is 308 g/mol. The zero-order chi connectivity index (χ0) is 17.5. The van der Waals surface area contributed by atoms with E-state index in [2.05, 4.69) is 20.9 Å². The summed E-state index contributed by atoms with van der Waals surface area (Å²) in [4.78, 5) is 15.9. The van der Waals surface area contributed by atoms with Crippen molar-refractivity contribution >= 4 is 23.2 Å². The lowest BCUT2D eigenvalue weighted by molar-refractivity contribution is 0.250. The molecule has 0 bridgehead atoms. The third-order valence-electron chi connectivity index (χ3n) is 3.11. The number of hydrogen-bond donors (Lipinski definition) is 3. The number of carbonyl (C=O) groups excluding carboxylic acids is 1. The Morgan fingerprint density at radius 3 is 2.50 bits per heavy atom. The maximum absolute atomic E-state index is 11.6. The smallest absolute Gasteiger partial charge is 0.319 e. The maximum Gasteiger partial charge on any atom is 0.319 e. The van der Waals surface area contributed by atoms with Crippen molar-refractivity contribution < 1.29 is 14.3 Å². The molecule has 7 heteroatoms. The summed E-state index contributed by atoms with van der Waals surface area (Å²) >= 11 is 0. The number of methoxy groups -OCH3 is 2. The van der Waals surface area contributed by atoms with Gasteiger partial charge < -0.3 is 25.4 Å². The monoisotopic (exact) mass is 330 g/mol. The van der Waals surface area contributed by atoms with Crippen LogP contribution in [0.15, 0.2) is 36.5 Å². The number of benzene rings is 1. The van der Waals surface area contributed by atoms with Crippen molar-refractivity contribution in [3.8, 4) is 11.5 Å². The van der Waals surface area contributed by atoms with E-state index in [0.29, 0.717) is 23.0 Å². The molecule has 0 atom stereocenters. The molecule has 0 radical (unpaired) electrons. The first-order chi connectivity index (χ1) is 11.5. The molecular formula is C17H22N4O3. The van der Waals surface area contributed by atoms with Gasteiger partial charge in [-0.05, 0) is 38.1 Å². The van der Waals surface area contributed by atoms with Crippen molar-refractivity contribution in [3.05, 3.63) is 36.5 Å². The number of pyridine rings is 1. The summed E-state index contributed by atoms with van der Waals surface area (Å²) in [6, 6.07) is 8.82. The van der Waals surface area contributed by atoms with Crippen molar-refractivity contribution in [1.29, 1.82) is 0 Å². The molecule has 1 aromatic heterocycles. The Bertz CT molecular complexity index is 687. The van der Waals surface area contributed by atoms with Gasteiger partial charge in [0.15, 0.2) is 0 Å². The van der Waals surface area contributed by atoms with E-state index >= 15 is 0 Å². The number of hydrogen-bond acceptors (Lipinski definition) is 5. The highest BCUT2D eigenvalue weighted by Crippen LogP contribution is 2.31. The zero-order valence-electron chi connectivity index (χ0n) is 14.2. The van der Waals surface area contributed by atoms with E-state index in [9.17, 15) is 4.79 Å². The van der Waals surface area contributed by atoms with Crippen molar-refractivity contribution in [3.63, 3.8) is 0 Å². The van der Waals surface area contributed by atoms with Crippen LogP contribution < -0.4 is 25.4 Å². The third kappa shape index (κ3) is 4.77. The fourth-order valence-electron chi connectivity index (χ4n) is 2.01. The van der Waals surface area contributed by atoms with Gasteiger partial charge in [-0.15, -0.1) is 0 Å². The second-order valence-corrected chi connectivity index (χ2v) is 5.38. The van der Waals surface area contributed by atoms with Crippen molar-refractivity contribution in [2.45, 2.75) is 19.9 Å². The standard InChI is InChI=1S/C17H22N4O3/c1-11(2)19-17(22)20-12-5-8-16(18-10-12)21-14-7-6-13(23-3)9-15(14)24-4/h5-11H,1-4H3,(H,18,21)(H2,19,20,22). The van der Waals surface area contributed by atoms with E-state index in [0.717, 1.165) is 5.69 Å². The van der Waals surface area contributed by atoms with Crippen LogP contribution >= 0.6 is 0 Å². The number of ether oxygens (including phenoxy) is 2. The van der Waals surface area contributed by atoms with Crippen molar-refractivity contribution in [2.75, 3.05) is 24.9 Å². The Labute approximate surface area is 141 Å². The van der Waals surface area contributed by atoms with Crippen LogP contribution in [0.25, 0.3) is 0 Å². The minimum absolute atomic E-state index is 0.0708. The highest BCUT2D eigenvalue weighted by Gasteiger charge is 2.07. The molecule has 24 heavy (non-hydrogen) atoms. The molecule has 0 saturated carbocycles. The molecule has 3 N–H and O–H groups in total. The fourth-order valence-corrected chi connectivity index (χ4v) is 2.01. The van der Waals surface area contributed by atoms with Crippen molar-refractivity contribution in [1.82, 2.24) is 10.3 Å². The molecule has 1 aromatic carbocycles. The predicted octanol–water partition coefficient (Wildman–Crippen LogP) is 3.37. The van der Waals surface area contributed by atoms with Gasteiger partial charge in [-0.3, -0.25) is 0 Å². The minimum Gasteiger partial charge on any atom is -0.497 e. The Morgan fingerprint density at radius 2 is 1.92 bits per heavy atom. The molecule has 0 unspecified atom stereocenters. The molecule has 2 aromatic rings. The summed E-state index contributed by atoms with van der Waals surface area (Å²) in [7, 11) is 3.19. The maximum atomic E-state index is 11.6. The molecule has 0 spiro atoms. The summed E-state index contributed by atoms with van der Waals surface area (Å²) in [6.45, 7) is 3.79. The van der Waals surface area contributed by atoms with Crippen LogP contribution in [0.3, 0.4) is 0 Å². The van der Waals surface area contributed by atoms with E-state index in [4.69, 9.17) is 9.47 Å². The molecule has 0 aliphatic rings. The van der Waals surface area contributed by atoms with E-state index in [1.165, 1.54) is 0 Å². The van der Waals surface area contributed by atoms with Crippen LogP contribution in [0, 0.1) is 0 Å². The van der Waals surface area contributed by atoms with Crippen LogP contribution in [0.1, 0.15) is 13.8 Å². The Balaban J connectivity index is 2.05. The number of amides is 2. The highest BCUT2D eigenvalue weighted by atomic mass is 16.5. The highest BCUT2D eigenvalue weighted by molar-refractivity contribution is 5.89. The predicted molar refractivity (Wildman–Crippen MR) is 94.4 cm³/mol. The van der Waals surface area contributed by atoms with Crippen LogP contribution in [0.2, 0.25) is 0 Å². The molecule has 128 valence electrons. The molecule has 0 fully saturated rings. The van der Waals surface area contributed by atoms with Crippen molar-refractivity contribution in [2.24, 2.45) is 0 Å². The first kappa shape index (κ1) is 17.4. The molecule has 2 amide bonds. The second-order valence-electron chi connectivity index (χ2n) is 5.38. The first-order valence-corrected chi connectivity index (χ1v) is 7.54. The molecule has 0 saturated heterocycles. The largest absolute Gasteiger partial charge is 0.497 e. The number of nitrogens with zero attached hydrogens (tertiary/aromatic N) is 1. The SMILES string of the molecule is COc1ccc(Nc2ccc(NC(=O)NC(C)C)cn2)c(OC)c1. The van der Waals surface area contributed by atoms with Crippen LogP contribution in [-0.4, -0.2) is 31.3 Å². The van der Waals surface area contributed by atoms with E-state index in [1.807, 2.05) is 26.0 Å². The van der Waals surface area contributed by atoms with Crippen LogP contribution in [0.4, 0.5) is 22.0 Å². The first-order valence-electron chi connectivity index (χ1n) is 7.54. The van der Waals surface area contributed by atoms with Crippen LogP contribution in [0.5, 0.6) is 11.5 Å². The van der Waals surface area contributed by atoms with Gasteiger partial charge in [-0.25, -0.2) is 9.78 Å². The van der Waals surface area contributed by atoms with Gasteiger partial charge in [-0.2, -0.15) is 0 Å². The van der Waals surface area contributed by atoms with Gasteiger partial charge in [0.2, 0.25) is 0 Å². The molecule has 7 nitrogen and oxygen atoms in total. The lowest BCUT2D eigenvalue weighted by Gasteiger charge is -2.13. The number of aromatic nitrogens is 1. The quantitative estimate of drug-likeness (QED) is 0.756. The van der Waals surface area contributed by atoms with Gasteiger partial charge in [0.05, 0.1) is 31.8 Å². The number of urea groups is 1. The Kier molecular flexibility index (Phi) is 5.83. The lowest BCUT2D eigenvalue weighted by Crippen LogP contribution is -2.34.